The van der Waals surface area contributed by atoms with Crippen LogP contribution in [-0.4, -0.2) is 42.2 Å². The topological polar surface area (TPSA) is 73.6 Å². The maximum atomic E-state index is 12.9. The van der Waals surface area contributed by atoms with Crippen LogP contribution in [0.2, 0.25) is 0 Å². The molecule has 5 heteroatoms. The predicted octanol–water partition coefficient (Wildman–Crippen LogP) is 2.17. The van der Waals surface area contributed by atoms with E-state index in [1.165, 1.54) is 0 Å². The molecule has 25 heavy (non-hydrogen) atoms. The number of ether oxygens (including phenoxy) is 1. The van der Waals surface area contributed by atoms with Crippen LogP contribution in [0.3, 0.4) is 0 Å². The van der Waals surface area contributed by atoms with Gasteiger partial charge in [0, 0.05) is 24.6 Å². The number of benzene rings is 2. The molecule has 126 valence electrons. The first kappa shape index (κ1) is 15.7. The second-order valence-electron chi connectivity index (χ2n) is 6.78. The summed E-state index contributed by atoms with van der Waals surface area (Å²) in [6, 6.07) is 16.6. The van der Waals surface area contributed by atoms with E-state index in [0.29, 0.717) is 30.8 Å². The first-order chi connectivity index (χ1) is 12.2. The first-order valence-corrected chi connectivity index (χ1v) is 8.29. The third-order valence-corrected chi connectivity index (χ3v) is 5.30. The van der Waals surface area contributed by atoms with E-state index in [2.05, 4.69) is 6.07 Å². The molecule has 0 aromatic heterocycles. The monoisotopic (exact) mass is 334 g/mol. The van der Waals surface area contributed by atoms with Crippen LogP contribution in [0.15, 0.2) is 48.5 Å². The van der Waals surface area contributed by atoms with Crippen LogP contribution in [-0.2, 0) is 0 Å². The van der Waals surface area contributed by atoms with E-state index in [1.54, 1.807) is 29.2 Å². The number of aliphatic hydroxyl groups is 1. The van der Waals surface area contributed by atoms with Gasteiger partial charge in [0.25, 0.3) is 5.91 Å². The van der Waals surface area contributed by atoms with Gasteiger partial charge in [0.05, 0.1) is 30.3 Å². The van der Waals surface area contributed by atoms with Gasteiger partial charge in [-0.05, 0) is 29.8 Å². The second kappa shape index (κ2) is 5.91. The van der Waals surface area contributed by atoms with Gasteiger partial charge in [-0.2, -0.15) is 5.26 Å². The van der Waals surface area contributed by atoms with E-state index in [4.69, 9.17) is 10.00 Å². The molecule has 2 heterocycles. The minimum absolute atomic E-state index is 0.0337. The summed E-state index contributed by atoms with van der Waals surface area (Å²) in [5.74, 6) is 0.764. The molecule has 5 nitrogen and oxygen atoms in total. The minimum Gasteiger partial charge on any atom is -0.493 e. The normalized spacial score (nSPS) is 24.0. The van der Waals surface area contributed by atoms with Crippen LogP contribution in [0.4, 0.5) is 0 Å². The van der Waals surface area contributed by atoms with Crippen LogP contribution < -0.4 is 4.74 Å². The molecule has 0 aliphatic carbocycles. The summed E-state index contributed by atoms with van der Waals surface area (Å²) < 4.78 is 5.86. The van der Waals surface area contributed by atoms with Gasteiger partial charge >= 0.3 is 0 Å². The molecule has 0 bridgehead atoms. The number of rotatable bonds is 2. The molecular formula is C20H18N2O3. The summed E-state index contributed by atoms with van der Waals surface area (Å²) in [5, 5.41) is 19.1. The third kappa shape index (κ3) is 2.46. The average Bonchev–Trinajstić information content (AvgIpc) is 3.08. The fraction of sp³-hybridized carbons (Fsp3) is 0.300. The summed E-state index contributed by atoms with van der Waals surface area (Å²) in [6.45, 7) is 1.34. The first-order valence-electron chi connectivity index (χ1n) is 8.29. The SMILES string of the molecule is N#Cc1cccc(C(=O)N2CC3c4ccccc4OC[C@]3(CO)C2)c1. The highest BCUT2D eigenvalue weighted by Gasteiger charge is 2.52. The number of aliphatic hydroxyl groups excluding tert-OH is 1. The van der Waals surface area contributed by atoms with Gasteiger partial charge in [-0.1, -0.05) is 24.3 Å². The Kier molecular flexibility index (Phi) is 3.70. The molecule has 4 rings (SSSR count). The van der Waals surface area contributed by atoms with E-state index >= 15 is 0 Å². The molecule has 2 aliphatic heterocycles. The van der Waals surface area contributed by atoms with Gasteiger partial charge in [-0.25, -0.2) is 0 Å². The lowest BCUT2D eigenvalue weighted by molar-refractivity contribution is 0.0440. The zero-order chi connectivity index (χ0) is 17.4. The van der Waals surface area contributed by atoms with E-state index in [0.717, 1.165) is 11.3 Å². The van der Waals surface area contributed by atoms with Crippen molar-refractivity contribution in [3.63, 3.8) is 0 Å². The number of hydrogen-bond acceptors (Lipinski definition) is 4. The van der Waals surface area contributed by atoms with Gasteiger partial charge in [0.2, 0.25) is 0 Å². The van der Waals surface area contributed by atoms with Gasteiger partial charge in [-0.15, -0.1) is 0 Å². The molecule has 1 saturated heterocycles. The van der Waals surface area contributed by atoms with Crippen LogP contribution in [0, 0.1) is 16.7 Å². The number of amides is 1. The quantitative estimate of drug-likeness (QED) is 0.913. The number of likely N-dealkylation sites (tertiary alicyclic amines) is 1. The maximum Gasteiger partial charge on any atom is 0.253 e. The number of hydrogen-bond donors (Lipinski definition) is 1. The summed E-state index contributed by atoms with van der Waals surface area (Å²) >= 11 is 0. The molecule has 0 saturated carbocycles. The summed E-state index contributed by atoms with van der Waals surface area (Å²) in [5.41, 5.74) is 1.54. The van der Waals surface area contributed by atoms with Crippen molar-refractivity contribution in [2.45, 2.75) is 5.92 Å². The van der Waals surface area contributed by atoms with E-state index < -0.39 is 5.41 Å². The van der Waals surface area contributed by atoms with Crippen molar-refractivity contribution in [2.24, 2.45) is 5.41 Å². The van der Waals surface area contributed by atoms with Gasteiger partial charge in [0.1, 0.15) is 5.75 Å². The van der Waals surface area contributed by atoms with Crippen LogP contribution in [0.25, 0.3) is 0 Å². The standard InChI is InChI=1S/C20H18N2O3/c21-9-14-4-3-5-15(8-14)19(24)22-10-17-16-6-1-2-7-18(16)25-13-20(17,11-22)12-23/h1-8,17,23H,10-13H2/t17?,20-/m1/s1. The minimum atomic E-state index is -0.475. The fourth-order valence-corrected chi connectivity index (χ4v) is 3.93. The number of nitriles is 1. The Morgan fingerprint density at radius 2 is 2.16 bits per heavy atom. The highest BCUT2D eigenvalue weighted by Crippen LogP contribution is 2.49. The molecular weight excluding hydrogens is 316 g/mol. The van der Waals surface area contributed by atoms with E-state index in [-0.39, 0.29) is 18.4 Å². The Hall–Kier alpha value is -2.84. The molecule has 2 aromatic rings. The van der Waals surface area contributed by atoms with Crippen LogP contribution >= 0.6 is 0 Å². The average molecular weight is 334 g/mol. The van der Waals surface area contributed by atoms with E-state index in [1.807, 2.05) is 24.3 Å². The number of carbonyl (C=O) groups excluding carboxylic acids is 1. The molecule has 1 N–H and O–H groups in total. The van der Waals surface area contributed by atoms with Gasteiger partial charge in [0.15, 0.2) is 0 Å². The van der Waals surface area contributed by atoms with Crippen molar-refractivity contribution in [1.82, 2.24) is 4.90 Å². The Bertz CT molecular complexity index is 873. The Balaban J connectivity index is 1.67. The predicted molar refractivity (Wildman–Crippen MR) is 91.3 cm³/mol. The number of nitrogens with zero attached hydrogens (tertiary/aromatic N) is 2. The van der Waals surface area contributed by atoms with Crippen molar-refractivity contribution in [2.75, 3.05) is 26.3 Å². The van der Waals surface area contributed by atoms with E-state index in [9.17, 15) is 9.90 Å². The summed E-state index contributed by atoms with van der Waals surface area (Å²) in [4.78, 5) is 14.7. The molecule has 1 unspecified atom stereocenters. The largest absolute Gasteiger partial charge is 0.493 e. The molecule has 1 fully saturated rings. The Morgan fingerprint density at radius 1 is 1.32 bits per heavy atom. The fourth-order valence-electron chi connectivity index (χ4n) is 3.93. The molecule has 0 radical (unpaired) electrons. The summed E-state index contributed by atoms with van der Waals surface area (Å²) in [7, 11) is 0. The third-order valence-electron chi connectivity index (χ3n) is 5.30. The zero-order valence-electron chi connectivity index (χ0n) is 13.7. The highest BCUT2D eigenvalue weighted by atomic mass is 16.5. The molecule has 1 amide bonds. The van der Waals surface area contributed by atoms with Gasteiger partial charge in [-0.3, -0.25) is 4.79 Å². The lowest BCUT2D eigenvalue weighted by Gasteiger charge is -2.37. The Labute approximate surface area is 146 Å². The molecule has 2 aromatic carbocycles. The Morgan fingerprint density at radius 3 is 2.96 bits per heavy atom. The van der Waals surface area contributed by atoms with Crippen LogP contribution in [0.1, 0.15) is 27.4 Å². The molecule has 2 aliphatic rings. The second-order valence-corrected chi connectivity index (χ2v) is 6.78. The molecule has 2 atom stereocenters. The lowest BCUT2D eigenvalue weighted by Crippen LogP contribution is -2.42. The highest BCUT2D eigenvalue weighted by molar-refractivity contribution is 5.95. The van der Waals surface area contributed by atoms with Crippen molar-refractivity contribution in [3.8, 4) is 11.8 Å². The summed E-state index contributed by atoms with van der Waals surface area (Å²) in [6.07, 6.45) is 0. The number of para-hydroxylation sites is 1. The lowest BCUT2D eigenvalue weighted by atomic mass is 9.74. The molecule has 0 spiro atoms. The zero-order valence-corrected chi connectivity index (χ0v) is 13.7. The van der Waals surface area contributed by atoms with Crippen molar-refractivity contribution < 1.29 is 14.6 Å². The number of fused-ring (bicyclic) bond motifs is 3. The smallest absolute Gasteiger partial charge is 0.253 e. The van der Waals surface area contributed by atoms with Gasteiger partial charge < -0.3 is 14.7 Å². The van der Waals surface area contributed by atoms with Crippen molar-refractivity contribution >= 4 is 5.91 Å². The maximum absolute atomic E-state index is 12.9. The number of carbonyl (C=O) groups is 1. The van der Waals surface area contributed by atoms with Crippen LogP contribution in [0.5, 0.6) is 5.75 Å². The van der Waals surface area contributed by atoms with Crippen molar-refractivity contribution in [1.29, 1.82) is 5.26 Å². The van der Waals surface area contributed by atoms with Crippen molar-refractivity contribution in [3.05, 3.63) is 65.2 Å².